The van der Waals surface area contributed by atoms with E-state index in [4.69, 9.17) is 11.6 Å². The number of hydrogen-bond donors (Lipinski definition) is 1. The molecule has 1 aromatic heterocycles. The molecule has 0 aliphatic heterocycles. The Hall–Kier alpha value is -1.81. The highest BCUT2D eigenvalue weighted by Crippen LogP contribution is 2.21. The van der Waals surface area contributed by atoms with E-state index in [-0.39, 0.29) is 11.3 Å². The van der Waals surface area contributed by atoms with Gasteiger partial charge in [0.1, 0.15) is 5.69 Å². The van der Waals surface area contributed by atoms with Gasteiger partial charge in [0.25, 0.3) is 5.91 Å². The summed E-state index contributed by atoms with van der Waals surface area (Å²) < 4.78 is 1.64. The van der Waals surface area contributed by atoms with Crippen LogP contribution in [0.1, 0.15) is 42.5 Å². The second kappa shape index (κ2) is 6.53. The van der Waals surface area contributed by atoms with Crippen molar-refractivity contribution in [1.82, 2.24) is 15.1 Å². The zero-order chi connectivity index (χ0) is 16.3. The normalized spacial score (nSPS) is 11.5. The second-order valence-electron chi connectivity index (χ2n) is 6.42. The minimum atomic E-state index is -0.0977. The fraction of sp³-hybridized carbons (Fsp3) is 0.412. The van der Waals surface area contributed by atoms with Gasteiger partial charge in [-0.25, -0.2) is 0 Å². The van der Waals surface area contributed by atoms with Crippen molar-refractivity contribution >= 4 is 17.5 Å². The van der Waals surface area contributed by atoms with Crippen LogP contribution in [0, 0.1) is 0 Å². The number of rotatable bonds is 4. The Morgan fingerprint density at radius 3 is 2.45 bits per heavy atom. The third kappa shape index (κ3) is 4.10. The van der Waals surface area contributed by atoms with Crippen molar-refractivity contribution < 1.29 is 4.79 Å². The molecule has 5 heteroatoms. The number of nitrogens with zero attached hydrogens (tertiary/aromatic N) is 2. The van der Waals surface area contributed by atoms with Gasteiger partial charge in [-0.15, -0.1) is 0 Å². The molecule has 0 atom stereocenters. The molecule has 1 aromatic carbocycles. The summed E-state index contributed by atoms with van der Waals surface area (Å²) in [5.74, 6) is -0.0977. The fourth-order valence-corrected chi connectivity index (χ4v) is 2.23. The van der Waals surface area contributed by atoms with E-state index < -0.39 is 0 Å². The molecule has 1 N–H and O–H groups in total. The van der Waals surface area contributed by atoms with E-state index in [0.717, 1.165) is 22.7 Å². The van der Waals surface area contributed by atoms with Gasteiger partial charge in [0.15, 0.2) is 0 Å². The topological polar surface area (TPSA) is 46.9 Å². The zero-order valence-electron chi connectivity index (χ0n) is 13.5. The molecule has 0 aliphatic carbocycles. The van der Waals surface area contributed by atoms with Crippen LogP contribution in [0.2, 0.25) is 5.02 Å². The van der Waals surface area contributed by atoms with Gasteiger partial charge in [-0.05, 0) is 30.2 Å². The fourth-order valence-electron chi connectivity index (χ4n) is 2.11. The predicted molar refractivity (Wildman–Crippen MR) is 89.4 cm³/mol. The molecule has 0 aliphatic rings. The van der Waals surface area contributed by atoms with Crippen LogP contribution >= 0.6 is 11.6 Å². The molecule has 0 fully saturated rings. The summed E-state index contributed by atoms with van der Waals surface area (Å²) in [5.41, 5.74) is 2.57. The first kappa shape index (κ1) is 16.6. The molecule has 1 amide bonds. The van der Waals surface area contributed by atoms with Crippen LogP contribution in [0.5, 0.6) is 0 Å². The van der Waals surface area contributed by atoms with Gasteiger partial charge in [0.05, 0.1) is 5.69 Å². The van der Waals surface area contributed by atoms with Crippen LogP contribution in [0.25, 0.3) is 0 Å². The Morgan fingerprint density at radius 1 is 1.27 bits per heavy atom. The van der Waals surface area contributed by atoms with Crippen LogP contribution in [-0.2, 0) is 18.9 Å². The van der Waals surface area contributed by atoms with Crippen molar-refractivity contribution in [2.75, 3.05) is 6.54 Å². The highest BCUT2D eigenvalue weighted by Gasteiger charge is 2.21. The molecule has 0 bridgehead atoms. The van der Waals surface area contributed by atoms with Crippen LogP contribution < -0.4 is 5.32 Å². The van der Waals surface area contributed by atoms with E-state index >= 15 is 0 Å². The number of carbonyl (C=O) groups is 1. The average Bonchev–Trinajstić information content (AvgIpc) is 2.83. The third-order valence-corrected chi connectivity index (χ3v) is 3.75. The second-order valence-corrected chi connectivity index (χ2v) is 6.86. The Balaban J connectivity index is 1.95. The number of halogens is 1. The summed E-state index contributed by atoms with van der Waals surface area (Å²) in [6, 6.07) is 9.51. The minimum Gasteiger partial charge on any atom is -0.350 e. The first-order valence-electron chi connectivity index (χ1n) is 7.34. The van der Waals surface area contributed by atoms with Crippen molar-refractivity contribution in [2.45, 2.75) is 32.6 Å². The SMILES string of the molecule is Cn1nc(C(C)(C)C)cc1C(=O)NCCc1ccc(Cl)cc1. The lowest BCUT2D eigenvalue weighted by Gasteiger charge is -2.13. The van der Waals surface area contributed by atoms with Gasteiger partial charge in [-0.2, -0.15) is 5.10 Å². The summed E-state index contributed by atoms with van der Waals surface area (Å²) in [6.45, 7) is 6.82. The summed E-state index contributed by atoms with van der Waals surface area (Å²) in [6.07, 6.45) is 0.771. The van der Waals surface area contributed by atoms with Crippen LogP contribution in [0.15, 0.2) is 30.3 Å². The lowest BCUT2D eigenvalue weighted by atomic mass is 9.92. The predicted octanol–water partition coefficient (Wildman–Crippen LogP) is 3.34. The quantitative estimate of drug-likeness (QED) is 0.939. The van der Waals surface area contributed by atoms with Crippen molar-refractivity contribution in [2.24, 2.45) is 7.05 Å². The van der Waals surface area contributed by atoms with Crippen LogP contribution in [-0.4, -0.2) is 22.2 Å². The van der Waals surface area contributed by atoms with E-state index in [2.05, 4.69) is 31.2 Å². The third-order valence-electron chi connectivity index (χ3n) is 3.49. The smallest absolute Gasteiger partial charge is 0.269 e. The van der Waals surface area contributed by atoms with E-state index in [1.165, 1.54) is 0 Å². The summed E-state index contributed by atoms with van der Waals surface area (Å²) in [4.78, 5) is 12.3. The molecule has 22 heavy (non-hydrogen) atoms. The maximum Gasteiger partial charge on any atom is 0.269 e. The van der Waals surface area contributed by atoms with E-state index in [1.54, 1.807) is 11.7 Å². The molecule has 0 spiro atoms. The van der Waals surface area contributed by atoms with E-state index in [0.29, 0.717) is 12.2 Å². The molecule has 2 rings (SSSR count). The Bertz CT molecular complexity index is 654. The van der Waals surface area contributed by atoms with Gasteiger partial charge in [0, 0.05) is 24.0 Å². The molecule has 4 nitrogen and oxygen atoms in total. The Morgan fingerprint density at radius 2 is 1.91 bits per heavy atom. The van der Waals surface area contributed by atoms with Gasteiger partial charge < -0.3 is 5.32 Å². The molecule has 0 saturated heterocycles. The average molecular weight is 320 g/mol. The van der Waals surface area contributed by atoms with Gasteiger partial charge in [0.2, 0.25) is 0 Å². The monoisotopic (exact) mass is 319 g/mol. The summed E-state index contributed by atoms with van der Waals surface area (Å²) in [5, 5.41) is 8.07. The molecule has 118 valence electrons. The Labute approximate surface area is 136 Å². The molecular formula is C17H22ClN3O. The lowest BCUT2D eigenvalue weighted by Crippen LogP contribution is -2.27. The molecule has 0 radical (unpaired) electrons. The van der Waals surface area contributed by atoms with Gasteiger partial charge in [-0.1, -0.05) is 44.5 Å². The Kier molecular flexibility index (Phi) is 4.91. The molecule has 1 heterocycles. The van der Waals surface area contributed by atoms with Crippen LogP contribution in [0.3, 0.4) is 0 Å². The largest absolute Gasteiger partial charge is 0.350 e. The minimum absolute atomic E-state index is 0.0698. The van der Waals surface area contributed by atoms with Gasteiger partial charge >= 0.3 is 0 Å². The highest BCUT2D eigenvalue weighted by atomic mass is 35.5. The van der Waals surface area contributed by atoms with Crippen LogP contribution in [0.4, 0.5) is 0 Å². The number of carbonyl (C=O) groups excluding carboxylic acids is 1. The van der Waals surface area contributed by atoms with E-state index in [1.807, 2.05) is 30.3 Å². The number of aromatic nitrogens is 2. The van der Waals surface area contributed by atoms with Gasteiger partial charge in [-0.3, -0.25) is 9.48 Å². The highest BCUT2D eigenvalue weighted by molar-refractivity contribution is 6.30. The lowest BCUT2D eigenvalue weighted by molar-refractivity contribution is 0.0944. The molecular weight excluding hydrogens is 298 g/mol. The van der Waals surface area contributed by atoms with Crippen molar-refractivity contribution in [3.8, 4) is 0 Å². The van der Waals surface area contributed by atoms with E-state index in [9.17, 15) is 4.79 Å². The number of hydrogen-bond acceptors (Lipinski definition) is 2. The standard InChI is InChI=1S/C17H22ClN3O/c1-17(2,3)15-11-14(21(4)20-15)16(22)19-10-9-12-5-7-13(18)8-6-12/h5-8,11H,9-10H2,1-4H3,(H,19,22). The molecule has 0 unspecified atom stereocenters. The summed E-state index contributed by atoms with van der Waals surface area (Å²) >= 11 is 5.85. The number of nitrogens with one attached hydrogen (secondary N) is 1. The maximum atomic E-state index is 12.3. The summed E-state index contributed by atoms with van der Waals surface area (Å²) in [7, 11) is 1.79. The first-order valence-corrected chi connectivity index (χ1v) is 7.72. The number of aryl methyl sites for hydroxylation is 1. The molecule has 2 aromatic rings. The molecule has 0 saturated carbocycles. The van der Waals surface area contributed by atoms with Crippen molar-refractivity contribution in [1.29, 1.82) is 0 Å². The number of amides is 1. The maximum absolute atomic E-state index is 12.3. The first-order chi connectivity index (χ1) is 10.3. The van der Waals surface area contributed by atoms with Crippen molar-refractivity contribution in [3.05, 3.63) is 52.3 Å². The van der Waals surface area contributed by atoms with Crippen molar-refractivity contribution in [3.63, 3.8) is 0 Å². The number of benzene rings is 1. The zero-order valence-corrected chi connectivity index (χ0v) is 14.2.